The number of hydrogen-bond acceptors (Lipinski definition) is 1. The molecule has 0 saturated carbocycles. The summed E-state index contributed by atoms with van der Waals surface area (Å²) in [5.41, 5.74) is 2.52. The van der Waals surface area contributed by atoms with Crippen LogP contribution in [0.15, 0.2) is 36.4 Å². The van der Waals surface area contributed by atoms with E-state index in [1.54, 1.807) is 6.08 Å². The molecule has 0 amide bonds. The minimum absolute atomic E-state index is 1.16. The van der Waals surface area contributed by atoms with Gasteiger partial charge in [-0.15, -0.1) is 0 Å². The number of unbranched alkanes of at least 4 members (excludes halogenated alkanes) is 2. The third kappa shape index (κ3) is 5.78. The van der Waals surface area contributed by atoms with Crippen molar-refractivity contribution < 1.29 is 0 Å². The zero-order valence-corrected chi connectivity index (χ0v) is 12.3. The lowest BCUT2D eigenvalue weighted by Gasteiger charge is -2.24. The number of anilines is 1. The van der Waals surface area contributed by atoms with Crippen molar-refractivity contribution in [1.82, 2.24) is 0 Å². The Hall–Kier alpha value is -1.50. The van der Waals surface area contributed by atoms with Crippen LogP contribution in [0.1, 0.15) is 45.1 Å². The molecule has 0 aliphatic carbocycles. The third-order valence-corrected chi connectivity index (χ3v) is 3.22. The lowest BCUT2D eigenvalue weighted by atomic mass is 10.1. The van der Waals surface area contributed by atoms with Crippen LogP contribution in [0.2, 0.25) is 0 Å². The molecule has 1 aromatic carbocycles. The molecule has 0 N–H and O–H groups in total. The van der Waals surface area contributed by atoms with Crippen LogP contribution in [0, 0.1) is 6.58 Å². The molecule has 1 nitrogen and oxygen atoms in total. The van der Waals surface area contributed by atoms with Gasteiger partial charge in [0, 0.05) is 18.8 Å². The van der Waals surface area contributed by atoms with Crippen molar-refractivity contribution in [3.63, 3.8) is 0 Å². The molecule has 1 radical (unpaired) electrons. The van der Waals surface area contributed by atoms with E-state index < -0.39 is 0 Å². The van der Waals surface area contributed by atoms with E-state index in [2.05, 4.69) is 43.0 Å². The van der Waals surface area contributed by atoms with E-state index in [-0.39, 0.29) is 0 Å². The lowest BCUT2D eigenvalue weighted by molar-refractivity contribution is 0.678. The zero-order chi connectivity index (χ0) is 13.9. The van der Waals surface area contributed by atoms with E-state index >= 15 is 0 Å². The number of benzene rings is 1. The van der Waals surface area contributed by atoms with Crippen LogP contribution in [0.4, 0.5) is 5.69 Å². The standard InChI is InChI=1S/C18H26N/c1-4-7-10-17-11-13-18(14-12-17)19(15-8-5-2)16-9-6-3/h1,4,7,10-14H,5-6,8-9,15-16H2,2-3H3. The first-order valence-electron chi connectivity index (χ1n) is 7.38. The van der Waals surface area contributed by atoms with Crippen LogP contribution < -0.4 is 4.90 Å². The minimum atomic E-state index is 1.16. The van der Waals surface area contributed by atoms with Gasteiger partial charge in [0.05, 0.1) is 0 Å². The van der Waals surface area contributed by atoms with E-state index in [9.17, 15) is 0 Å². The molecule has 0 aliphatic heterocycles. The van der Waals surface area contributed by atoms with E-state index in [4.69, 9.17) is 6.58 Å². The fourth-order valence-corrected chi connectivity index (χ4v) is 2.03. The maximum absolute atomic E-state index is 5.34. The zero-order valence-electron chi connectivity index (χ0n) is 12.3. The fourth-order valence-electron chi connectivity index (χ4n) is 2.03. The smallest absolute Gasteiger partial charge is 0.0366 e. The number of allylic oxidation sites excluding steroid dienone is 2. The molecule has 1 rings (SSSR count). The molecule has 0 fully saturated rings. The lowest BCUT2D eigenvalue weighted by Crippen LogP contribution is -2.25. The third-order valence-electron chi connectivity index (χ3n) is 3.22. The summed E-state index contributed by atoms with van der Waals surface area (Å²) in [6, 6.07) is 8.73. The second-order valence-corrected chi connectivity index (χ2v) is 4.84. The van der Waals surface area contributed by atoms with Crippen molar-refractivity contribution in [2.24, 2.45) is 0 Å². The Morgan fingerprint density at radius 2 is 1.58 bits per heavy atom. The van der Waals surface area contributed by atoms with E-state index in [1.165, 1.54) is 36.9 Å². The summed E-state index contributed by atoms with van der Waals surface area (Å²) >= 11 is 0. The van der Waals surface area contributed by atoms with Gasteiger partial charge in [-0.1, -0.05) is 63.6 Å². The van der Waals surface area contributed by atoms with Gasteiger partial charge in [0.25, 0.3) is 0 Å². The highest BCUT2D eigenvalue weighted by Gasteiger charge is 2.04. The number of hydrogen-bond donors (Lipinski definition) is 0. The van der Waals surface area contributed by atoms with E-state index in [0.29, 0.717) is 0 Å². The van der Waals surface area contributed by atoms with Gasteiger partial charge >= 0.3 is 0 Å². The summed E-state index contributed by atoms with van der Waals surface area (Å²) in [5, 5.41) is 0. The molecular formula is C18H26N. The van der Waals surface area contributed by atoms with Crippen LogP contribution in [0.5, 0.6) is 0 Å². The highest BCUT2D eigenvalue weighted by molar-refractivity contribution is 5.56. The molecule has 0 heterocycles. The molecule has 0 spiro atoms. The van der Waals surface area contributed by atoms with Gasteiger partial charge in [-0.25, -0.2) is 0 Å². The minimum Gasteiger partial charge on any atom is -0.372 e. The van der Waals surface area contributed by atoms with Gasteiger partial charge in [0.2, 0.25) is 0 Å². The first-order valence-corrected chi connectivity index (χ1v) is 7.38. The predicted octanol–water partition coefficient (Wildman–Crippen LogP) is 5.10. The molecule has 0 bridgehead atoms. The van der Waals surface area contributed by atoms with Crippen molar-refractivity contribution in [1.29, 1.82) is 0 Å². The summed E-state index contributed by atoms with van der Waals surface area (Å²) in [5.74, 6) is 0. The molecule has 19 heavy (non-hydrogen) atoms. The Morgan fingerprint density at radius 3 is 2.05 bits per heavy atom. The summed E-state index contributed by atoms with van der Waals surface area (Å²) in [7, 11) is 0. The average molecular weight is 256 g/mol. The van der Waals surface area contributed by atoms with Crippen molar-refractivity contribution in [2.45, 2.75) is 39.5 Å². The molecule has 1 aromatic rings. The molecule has 0 atom stereocenters. The topological polar surface area (TPSA) is 3.24 Å². The number of nitrogens with zero attached hydrogens (tertiary/aromatic N) is 1. The van der Waals surface area contributed by atoms with Gasteiger partial charge < -0.3 is 4.90 Å². The Kier molecular flexibility index (Phi) is 7.72. The van der Waals surface area contributed by atoms with Gasteiger partial charge in [-0.05, 0) is 30.5 Å². The molecule has 0 aliphatic rings. The molecule has 0 aromatic heterocycles. The van der Waals surface area contributed by atoms with Crippen molar-refractivity contribution >= 4 is 11.8 Å². The monoisotopic (exact) mass is 256 g/mol. The van der Waals surface area contributed by atoms with Crippen LogP contribution in [0.25, 0.3) is 6.08 Å². The first kappa shape index (κ1) is 15.6. The van der Waals surface area contributed by atoms with Gasteiger partial charge in [0.1, 0.15) is 0 Å². The molecule has 1 heteroatoms. The Bertz CT molecular complexity index is 367. The Balaban J connectivity index is 2.71. The number of rotatable bonds is 9. The Morgan fingerprint density at radius 1 is 1.00 bits per heavy atom. The quantitative estimate of drug-likeness (QED) is 0.556. The summed E-state index contributed by atoms with van der Waals surface area (Å²) < 4.78 is 0. The van der Waals surface area contributed by atoms with Crippen LogP contribution in [-0.2, 0) is 0 Å². The van der Waals surface area contributed by atoms with Crippen molar-refractivity contribution in [3.8, 4) is 0 Å². The van der Waals surface area contributed by atoms with E-state index in [1.807, 2.05) is 12.2 Å². The normalized spacial score (nSPS) is 10.8. The molecule has 0 saturated heterocycles. The van der Waals surface area contributed by atoms with Gasteiger partial charge in [0.15, 0.2) is 0 Å². The predicted molar refractivity (Wildman–Crippen MR) is 86.4 cm³/mol. The Labute approximate surface area is 118 Å². The molecule has 0 unspecified atom stereocenters. The highest BCUT2D eigenvalue weighted by atomic mass is 15.1. The second-order valence-electron chi connectivity index (χ2n) is 4.84. The largest absolute Gasteiger partial charge is 0.372 e. The van der Waals surface area contributed by atoms with Crippen LogP contribution in [-0.4, -0.2) is 13.1 Å². The van der Waals surface area contributed by atoms with Crippen LogP contribution in [0.3, 0.4) is 0 Å². The average Bonchev–Trinajstić information content (AvgIpc) is 2.46. The maximum Gasteiger partial charge on any atom is 0.0366 e. The first-order chi connectivity index (χ1) is 9.31. The summed E-state index contributed by atoms with van der Waals surface area (Å²) in [6.07, 6.45) is 10.4. The second kappa shape index (κ2) is 9.43. The van der Waals surface area contributed by atoms with Crippen molar-refractivity contribution in [3.05, 3.63) is 48.6 Å². The van der Waals surface area contributed by atoms with Crippen molar-refractivity contribution in [2.75, 3.05) is 18.0 Å². The maximum atomic E-state index is 5.34. The van der Waals surface area contributed by atoms with Gasteiger partial charge in [-0.3, -0.25) is 0 Å². The van der Waals surface area contributed by atoms with E-state index in [0.717, 1.165) is 13.1 Å². The van der Waals surface area contributed by atoms with Gasteiger partial charge in [-0.2, -0.15) is 0 Å². The highest BCUT2D eigenvalue weighted by Crippen LogP contribution is 2.17. The fraction of sp³-hybridized carbons (Fsp3) is 0.444. The molecular weight excluding hydrogens is 230 g/mol. The molecule has 103 valence electrons. The SMILES string of the molecule is [CH]=CC=Cc1ccc(N(CCCC)CCCC)cc1. The summed E-state index contributed by atoms with van der Waals surface area (Å²) in [4.78, 5) is 2.50. The summed E-state index contributed by atoms with van der Waals surface area (Å²) in [6.45, 7) is 12.1. The van der Waals surface area contributed by atoms with Crippen LogP contribution >= 0.6 is 0 Å².